The van der Waals surface area contributed by atoms with Gasteiger partial charge in [-0.3, -0.25) is 0 Å². The summed E-state index contributed by atoms with van der Waals surface area (Å²) in [6, 6.07) is 5.01. The first-order valence-electron chi connectivity index (χ1n) is 6.89. The lowest BCUT2D eigenvalue weighted by Gasteiger charge is -2.19. The van der Waals surface area contributed by atoms with Crippen molar-refractivity contribution in [1.29, 1.82) is 0 Å². The highest BCUT2D eigenvalue weighted by atomic mass is 16.6. The van der Waals surface area contributed by atoms with Crippen LogP contribution in [-0.4, -0.2) is 22.8 Å². The van der Waals surface area contributed by atoms with Crippen molar-refractivity contribution in [2.45, 2.75) is 39.8 Å². The fourth-order valence-corrected chi connectivity index (χ4v) is 2.05. The van der Waals surface area contributed by atoms with E-state index in [-0.39, 0.29) is 12.1 Å². The Bertz CT molecular complexity index is 724. The number of hydrogen-bond acceptors (Lipinski definition) is 4. The van der Waals surface area contributed by atoms with Crippen LogP contribution in [0, 0.1) is 6.92 Å². The second-order valence-electron chi connectivity index (χ2n) is 6.08. The van der Waals surface area contributed by atoms with Crippen LogP contribution in [0.1, 0.15) is 42.5 Å². The van der Waals surface area contributed by atoms with E-state index in [9.17, 15) is 9.59 Å². The number of carbonyl (C=O) groups is 2. The van der Waals surface area contributed by atoms with Gasteiger partial charge in [0.05, 0.1) is 12.1 Å². The van der Waals surface area contributed by atoms with E-state index < -0.39 is 17.7 Å². The molecule has 0 saturated heterocycles. The molecule has 6 heteroatoms. The molecule has 0 aliphatic rings. The number of carboxylic acid groups (broad SMARTS) is 1. The van der Waals surface area contributed by atoms with Gasteiger partial charge in [-0.2, -0.15) is 0 Å². The SMILES string of the molecule is Cc1cc2cc(CNC(=O)OC(C)(C)C)oc2cc1C(=O)O. The number of furan rings is 1. The molecular formula is C16H19NO5. The topological polar surface area (TPSA) is 88.8 Å². The quantitative estimate of drug-likeness (QED) is 0.906. The van der Waals surface area contributed by atoms with Crippen molar-refractivity contribution >= 4 is 23.0 Å². The van der Waals surface area contributed by atoms with Crippen molar-refractivity contribution in [3.05, 3.63) is 35.1 Å². The number of fused-ring (bicyclic) bond motifs is 1. The molecule has 0 atom stereocenters. The first-order valence-corrected chi connectivity index (χ1v) is 6.89. The lowest BCUT2D eigenvalue weighted by atomic mass is 10.1. The Kier molecular flexibility index (Phi) is 4.12. The summed E-state index contributed by atoms with van der Waals surface area (Å²) < 4.78 is 10.7. The van der Waals surface area contributed by atoms with E-state index in [1.54, 1.807) is 39.8 Å². The molecule has 0 aliphatic heterocycles. The molecule has 2 N–H and O–H groups in total. The minimum atomic E-state index is -0.996. The predicted molar refractivity (Wildman–Crippen MR) is 81.0 cm³/mol. The highest BCUT2D eigenvalue weighted by molar-refractivity contribution is 5.94. The number of ether oxygens (including phenoxy) is 1. The van der Waals surface area contributed by atoms with Gasteiger partial charge in [0.2, 0.25) is 0 Å². The standard InChI is InChI=1S/C16H19NO5/c1-9-5-10-6-11(8-17-15(20)22-16(2,3)4)21-13(10)7-12(9)14(18)19/h5-7H,8H2,1-4H3,(H,17,20)(H,18,19). The fraction of sp³-hybridized carbons (Fsp3) is 0.375. The number of aromatic carboxylic acids is 1. The van der Waals surface area contributed by atoms with Gasteiger partial charge in [0.1, 0.15) is 16.9 Å². The van der Waals surface area contributed by atoms with E-state index in [2.05, 4.69) is 5.32 Å². The van der Waals surface area contributed by atoms with Gasteiger partial charge in [-0.15, -0.1) is 0 Å². The van der Waals surface area contributed by atoms with Gasteiger partial charge in [-0.25, -0.2) is 9.59 Å². The number of carboxylic acids is 1. The first kappa shape index (κ1) is 15.9. The molecule has 0 bridgehead atoms. The van der Waals surface area contributed by atoms with Crippen LogP contribution < -0.4 is 5.32 Å². The summed E-state index contributed by atoms with van der Waals surface area (Å²) in [7, 11) is 0. The molecule has 0 fully saturated rings. The van der Waals surface area contributed by atoms with Crippen molar-refractivity contribution in [2.24, 2.45) is 0 Å². The Balaban J connectivity index is 2.13. The molecular weight excluding hydrogens is 286 g/mol. The van der Waals surface area contributed by atoms with Gasteiger partial charge in [-0.05, 0) is 51.5 Å². The Morgan fingerprint density at radius 2 is 1.95 bits per heavy atom. The van der Waals surface area contributed by atoms with E-state index in [0.29, 0.717) is 16.9 Å². The van der Waals surface area contributed by atoms with Crippen LogP contribution >= 0.6 is 0 Å². The largest absolute Gasteiger partial charge is 0.478 e. The van der Waals surface area contributed by atoms with Gasteiger partial charge < -0.3 is 19.6 Å². The third kappa shape index (κ3) is 3.78. The van der Waals surface area contributed by atoms with Crippen molar-refractivity contribution in [2.75, 3.05) is 0 Å². The molecule has 0 spiro atoms. The van der Waals surface area contributed by atoms with Crippen LogP contribution in [0.15, 0.2) is 22.6 Å². The van der Waals surface area contributed by atoms with Crippen molar-refractivity contribution in [3.63, 3.8) is 0 Å². The average Bonchev–Trinajstić information content (AvgIpc) is 2.74. The van der Waals surface area contributed by atoms with E-state index >= 15 is 0 Å². The summed E-state index contributed by atoms with van der Waals surface area (Å²) in [5.41, 5.74) is 0.774. The Morgan fingerprint density at radius 1 is 1.27 bits per heavy atom. The number of aryl methyl sites for hydroxylation is 1. The summed E-state index contributed by atoms with van der Waals surface area (Å²) in [4.78, 5) is 22.7. The van der Waals surface area contributed by atoms with Crippen LogP contribution in [0.25, 0.3) is 11.0 Å². The molecule has 0 aliphatic carbocycles. The molecule has 118 valence electrons. The molecule has 2 rings (SSSR count). The third-order valence-corrected chi connectivity index (χ3v) is 2.95. The van der Waals surface area contributed by atoms with E-state index in [4.69, 9.17) is 14.3 Å². The fourth-order valence-electron chi connectivity index (χ4n) is 2.05. The number of hydrogen-bond donors (Lipinski definition) is 2. The van der Waals surface area contributed by atoms with Gasteiger partial charge in [0.25, 0.3) is 0 Å². The van der Waals surface area contributed by atoms with Crippen LogP contribution in [0.4, 0.5) is 4.79 Å². The smallest absolute Gasteiger partial charge is 0.408 e. The van der Waals surface area contributed by atoms with Crippen LogP contribution in [0.3, 0.4) is 0 Å². The van der Waals surface area contributed by atoms with E-state index in [0.717, 1.165) is 5.39 Å². The van der Waals surface area contributed by atoms with Crippen molar-refractivity contribution in [1.82, 2.24) is 5.32 Å². The Hall–Kier alpha value is -2.50. The molecule has 0 saturated carbocycles. The maximum Gasteiger partial charge on any atom is 0.408 e. The van der Waals surface area contributed by atoms with Crippen LogP contribution in [-0.2, 0) is 11.3 Å². The Morgan fingerprint density at radius 3 is 2.55 bits per heavy atom. The molecule has 1 amide bonds. The summed E-state index contributed by atoms with van der Waals surface area (Å²) in [5.74, 6) is -0.466. The molecule has 6 nitrogen and oxygen atoms in total. The second kappa shape index (κ2) is 5.71. The van der Waals surface area contributed by atoms with Gasteiger partial charge in [-0.1, -0.05) is 0 Å². The lowest BCUT2D eigenvalue weighted by molar-refractivity contribution is 0.0519. The minimum absolute atomic E-state index is 0.172. The third-order valence-electron chi connectivity index (χ3n) is 2.95. The molecule has 22 heavy (non-hydrogen) atoms. The Labute approximate surface area is 128 Å². The summed E-state index contributed by atoms with van der Waals surface area (Å²) in [5, 5.41) is 12.5. The zero-order valence-electron chi connectivity index (χ0n) is 13.0. The summed E-state index contributed by atoms with van der Waals surface area (Å²) >= 11 is 0. The van der Waals surface area contributed by atoms with Gasteiger partial charge >= 0.3 is 12.1 Å². The minimum Gasteiger partial charge on any atom is -0.478 e. The summed E-state index contributed by atoms with van der Waals surface area (Å²) in [6.07, 6.45) is -0.532. The number of nitrogens with one attached hydrogen (secondary N) is 1. The zero-order valence-corrected chi connectivity index (χ0v) is 13.0. The van der Waals surface area contributed by atoms with Gasteiger partial charge in [0, 0.05) is 5.39 Å². The highest BCUT2D eigenvalue weighted by Crippen LogP contribution is 2.23. The van der Waals surface area contributed by atoms with Crippen molar-refractivity contribution in [3.8, 4) is 0 Å². The predicted octanol–water partition coefficient (Wildman–Crippen LogP) is 3.46. The number of carbonyl (C=O) groups excluding carboxylic acids is 1. The van der Waals surface area contributed by atoms with E-state index in [1.165, 1.54) is 6.07 Å². The molecule has 0 radical (unpaired) electrons. The number of alkyl carbamates (subject to hydrolysis) is 1. The normalized spacial score (nSPS) is 11.5. The number of benzene rings is 1. The molecule has 1 aromatic carbocycles. The highest BCUT2D eigenvalue weighted by Gasteiger charge is 2.17. The van der Waals surface area contributed by atoms with E-state index in [1.807, 2.05) is 0 Å². The van der Waals surface area contributed by atoms with Crippen molar-refractivity contribution < 1.29 is 23.8 Å². The first-order chi connectivity index (χ1) is 10.2. The molecule has 1 heterocycles. The zero-order chi connectivity index (χ0) is 16.5. The molecule has 2 aromatic rings. The average molecular weight is 305 g/mol. The molecule has 0 unspecified atom stereocenters. The maximum atomic E-state index is 11.6. The summed E-state index contributed by atoms with van der Waals surface area (Å²) in [6.45, 7) is 7.25. The second-order valence-corrected chi connectivity index (χ2v) is 6.08. The molecule has 1 aromatic heterocycles. The van der Waals surface area contributed by atoms with Crippen LogP contribution in [0.2, 0.25) is 0 Å². The number of rotatable bonds is 3. The lowest BCUT2D eigenvalue weighted by Crippen LogP contribution is -2.32. The monoisotopic (exact) mass is 305 g/mol. The maximum absolute atomic E-state index is 11.6. The number of amides is 1. The van der Waals surface area contributed by atoms with Crippen LogP contribution in [0.5, 0.6) is 0 Å². The van der Waals surface area contributed by atoms with Gasteiger partial charge in [0.15, 0.2) is 0 Å².